The van der Waals surface area contributed by atoms with Crippen LogP contribution in [0.3, 0.4) is 0 Å². The van der Waals surface area contributed by atoms with Gasteiger partial charge in [0.05, 0.1) is 18.5 Å². The van der Waals surface area contributed by atoms with Crippen LogP contribution in [-0.4, -0.2) is 33.7 Å². The zero-order valence-corrected chi connectivity index (χ0v) is 14.2. The van der Waals surface area contributed by atoms with Crippen molar-refractivity contribution in [3.05, 3.63) is 18.2 Å². The molecule has 0 saturated heterocycles. The number of hydrogen-bond donors (Lipinski definition) is 1. The van der Waals surface area contributed by atoms with E-state index in [-0.39, 0.29) is 17.9 Å². The fraction of sp³-hybridized carbons (Fsp3) is 0.533. The topological polar surface area (TPSA) is 75.7 Å². The van der Waals surface area contributed by atoms with E-state index in [0.717, 1.165) is 6.26 Å². The quantitative estimate of drug-likeness (QED) is 0.924. The van der Waals surface area contributed by atoms with E-state index in [9.17, 15) is 13.2 Å². The molecule has 0 spiro atoms. The molecule has 1 N–H and O–H groups in total. The van der Waals surface area contributed by atoms with Crippen molar-refractivity contribution >= 4 is 27.3 Å². The van der Waals surface area contributed by atoms with Gasteiger partial charge in [-0.3, -0.25) is 9.10 Å². The molecule has 22 heavy (non-hydrogen) atoms. The largest absolute Gasteiger partial charge is 0.489 e. The van der Waals surface area contributed by atoms with Crippen molar-refractivity contribution in [3.63, 3.8) is 0 Å². The monoisotopic (exact) mass is 326 g/mol. The number of anilines is 2. The molecule has 0 aromatic heterocycles. The first-order chi connectivity index (χ1) is 10.1. The number of amides is 1. The highest BCUT2D eigenvalue weighted by atomic mass is 32.2. The van der Waals surface area contributed by atoms with E-state index in [1.165, 1.54) is 4.31 Å². The molecule has 7 heteroatoms. The molecule has 1 aromatic rings. The Morgan fingerprint density at radius 1 is 1.36 bits per heavy atom. The molecule has 1 aromatic carbocycles. The molecule has 1 heterocycles. The molecule has 0 radical (unpaired) electrons. The van der Waals surface area contributed by atoms with Crippen LogP contribution < -0.4 is 14.4 Å². The Morgan fingerprint density at radius 2 is 2.05 bits per heavy atom. The maximum Gasteiger partial charge on any atom is 0.232 e. The summed E-state index contributed by atoms with van der Waals surface area (Å²) in [5, 5.41) is 2.80. The lowest BCUT2D eigenvalue weighted by molar-refractivity contribution is -0.117. The van der Waals surface area contributed by atoms with E-state index in [1.54, 1.807) is 18.2 Å². The number of carbonyl (C=O) groups is 1. The summed E-state index contributed by atoms with van der Waals surface area (Å²) in [7, 11) is -3.37. The molecule has 122 valence electrons. The van der Waals surface area contributed by atoms with Crippen molar-refractivity contribution in [2.24, 2.45) is 5.41 Å². The summed E-state index contributed by atoms with van der Waals surface area (Å²) in [5.74, 6) is 0.403. The van der Waals surface area contributed by atoms with Gasteiger partial charge in [-0.25, -0.2) is 8.42 Å². The maximum atomic E-state index is 12.0. The second-order valence-electron chi connectivity index (χ2n) is 6.65. The lowest BCUT2D eigenvalue weighted by Crippen LogP contribution is -2.37. The minimum absolute atomic E-state index is 0.102. The van der Waals surface area contributed by atoms with Crippen LogP contribution in [0.15, 0.2) is 18.2 Å². The van der Waals surface area contributed by atoms with Gasteiger partial charge in [0.25, 0.3) is 0 Å². The second kappa shape index (κ2) is 5.79. The number of hydrogen-bond acceptors (Lipinski definition) is 4. The first kappa shape index (κ1) is 16.6. The molecule has 1 aliphatic heterocycles. The molecule has 2 rings (SSSR count). The Labute approximate surface area is 131 Å². The van der Waals surface area contributed by atoms with Gasteiger partial charge in [0.1, 0.15) is 12.4 Å². The van der Waals surface area contributed by atoms with E-state index in [0.29, 0.717) is 30.2 Å². The van der Waals surface area contributed by atoms with Gasteiger partial charge < -0.3 is 10.1 Å². The molecule has 0 unspecified atom stereocenters. The van der Waals surface area contributed by atoms with Gasteiger partial charge in [-0.1, -0.05) is 20.8 Å². The highest BCUT2D eigenvalue weighted by Crippen LogP contribution is 2.35. The van der Waals surface area contributed by atoms with Crippen molar-refractivity contribution in [1.82, 2.24) is 0 Å². The first-order valence-electron chi connectivity index (χ1n) is 7.11. The van der Waals surface area contributed by atoms with Crippen molar-refractivity contribution in [2.45, 2.75) is 27.2 Å². The number of ether oxygens (including phenoxy) is 1. The van der Waals surface area contributed by atoms with Crippen LogP contribution in [0.5, 0.6) is 5.75 Å². The van der Waals surface area contributed by atoms with Gasteiger partial charge in [0.15, 0.2) is 0 Å². The summed E-state index contributed by atoms with van der Waals surface area (Å²) in [6.07, 6.45) is 1.54. The van der Waals surface area contributed by atoms with Crippen molar-refractivity contribution in [2.75, 3.05) is 29.0 Å². The van der Waals surface area contributed by atoms with E-state index in [2.05, 4.69) is 5.32 Å². The SMILES string of the molecule is CC(C)(C)CC(=O)Nc1ccc2c(c1)N(S(C)(=O)=O)CCO2. The van der Waals surface area contributed by atoms with E-state index >= 15 is 0 Å². The highest BCUT2D eigenvalue weighted by molar-refractivity contribution is 7.92. The van der Waals surface area contributed by atoms with Gasteiger partial charge >= 0.3 is 0 Å². The highest BCUT2D eigenvalue weighted by Gasteiger charge is 2.26. The summed E-state index contributed by atoms with van der Waals surface area (Å²) in [4.78, 5) is 12.0. The van der Waals surface area contributed by atoms with Crippen LogP contribution in [-0.2, 0) is 14.8 Å². The molecular weight excluding hydrogens is 304 g/mol. The van der Waals surface area contributed by atoms with Crippen molar-refractivity contribution in [1.29, 1.82) is 0 Å². The Hall–Kier alpha value is -1.76. The predicted octanol–water partition coefficient (Wildman–Crippen LogP) is 2.22. The van der Waals surface area contributed by atoms with Crippen LogP contribution >= 0.6 is 0 Å². The molecule has 1 amide bonds. The van der Waals surface area contributed by atoms with Crippen LogP contribution in [0.4, 0.5) is 11.4 Å². The number of sulfonamides is 1. The van der Waals surface area contributed by atoms with Gasteiger partial charge in [-0.2, -0.15) is 0 Å². The third-order valence-corrected chi connectivity index (χ3v) is 4.33. The molecule has 0 saturated carbocycles. The average Bonchev–Trinajstić information content (AvgIpc) is 2.34. The summed E-state index contributed by atoms with van der Waals surface area (Å²) in [6, 6.07) is 5.03. The Morgan fingerprint density at radius 3 is 2.64 bits per heavy atom. The van der Waals surface area contributed by atoms with Gasteiger partial charge in [-0.15, -0.1) is 0 Å². The maximum absolute atomic E-state index is 12.0. The third-order valence-electron chi connectivity index (χ3n) is 3.15. The first-order valence-corrected chi connectivity index (χ1v) is 8.95. The van der Waals surface area contributed by atoms with Crippen molar-refractivity contribution < 1.29 is 17.9 Å². The minimum atomic E-state index is -3.37. The number of nitrogens with zero attached hydrogens (tertiary/aromatic N) is 1. The number of benzene rings is 1. The number of nitrogens with one attached hydrogen (secondary N) is 1. The fourth-order valence-corrected chi connectivity index (χ4v) is 3.21. The van der Waals surface area contributed by atoms with Crippen molar-refractivity contribution in [3.8, 4) is 5.75 Å². The van der Waals surface area contributed by atoms with E-state index in [1.807, 2.05) is 20.8 Å². The standard InChI is InChI=1S/C15H22N2O4S/c1-15(2,3)10-14(18)16-11-5-6-13-12(9-11)17(7-8-21-13)22(4,19)20/h5-6,9H,7-8,10H2,1-4H3,(H,16,18). The predicted molar refractivity (Wildman–Crippen MR) is 86.8 cm³/mol. The minimum Gasteiger partial charge on any atom is -0.489 e. The molecule has 0 fully saturated rings. The van der Waals surface area contributed by atoms with Crippen LogP contribution in [0.25, 0.3) is 0 Å². The molecule has 0 bridgehead atoms. The second-order valence-corrected chi connectivity index (χ2v) is 8.56. The number of rotatable bonds is 3. The number of carbonyl (C=O) groups excluding carboxylic acids is 1. The number of fused-ring (bicyclic) bond motifs is 1. The molecule has 0 atom stereocenters. The van der Waals surface area contributed by atoms with Gasteiger partial charge in [-0.05, 0) is 23.6 Å². The van der Waals surface area contributed by atoms with Crippen LogP contribution in [0, 0.1) is 5.41 Å². The molecular formula is C15H22N2O4S. The summed E-state index contributed by atoms with van der Waals surface area (Å²) >= 11 is 0. The van der Waals surface area contributed by atoms with E-state index in [4.69, 9.17) is 4.74 Å². The third kappa shape index (κ3) is 4.13. The zero-order chi connectivity index (χ0) is 16.5. The Balaban J connectivity index is 2.25. The lowest BCUT2D eigenvalue weighted by atomic mass is 9.92. The Bertz CT molecular complexity index is 677. The lowest BCUT2D eigenvalue weighted by Gasteiger charge is -2.29. The summed E-state index contributed by atoms with van der Waals surface area (Å²) in [6.45, 7) is 6.54. The molecule has 6 nitrogen and oxygen atoms in total. The fourth-order valence-electron chi connectivity index (χ4n) is 2.30. The van der Waals surface area contributed by atoms with Crippen LogP contribution in [0.1, 0.15) is 27.2 Å². The molecule has 0 aliphatic carbocycles. The Kier molecular flexibility index (Phi) is 4.37. The normalized spacial score (nSPS) is 15.0. The van der Waals surface area contributed by atoms with Gasteiger partial charge in [0, 0.05) is 12.1 Å². The smallest absolute Gasteiger partial charge is 0.232 e. The average molecular weight is 326 g/mol. The van der Waals surface area contributed by atoms with Crippen LogP contribution in [0.2, 0.25) is 0 Å². The summed E-state index contributed by atoms with van der Waals surface area (Å²) < 4.78 is 30.5. The summed E-state index contributed by atoms with van der Waals surface area (Å²) in [5.41, 5.74) is 0.912. The molecule has 1 aliphatic rings. The van der Waals surface area contributed by atoms with E-state index < -0.39 is 10.0 Å². The van der Waals surface area contributed by atoms with Gasteiger partial charge in [0.2, 0.25) is 15.9 Å². The zero-order valence-electron chi connectivity index (χ0n) is 13.3.